The van der Waals surface area contributed by atoms with E-state index in [-0.39, 0.29) is 5.75 Å². The third-order valence-corrected chi connectivity index (χ3v) is 1.22. The summed E-state index contributed by atoms with van der Waals surface area (Å²) < 4.78 is 4.87. The standard InChI is InChI=1S/C8H10O2/c1-10-6-7-3-2-4-8(9)5-7/h2-5,9H,6H2,1H3. The summed E-state index contributed by atoms with van der Waals surface area (Å²) in [5.74, 6) is 0.287. The smallest absolute Gasteiger partial charge is 0.115 e. The number of phenols is 1. The van der Waals surface area contributed by atoms with Gasteiger partial charge in [0.2, 0.25) is 0 Å². The highest BCUT2D eigenvalue weighted by Crippen LogP contribution is 2.10. The Labute approximate surface area is 60.1 Å². The fourth-order valence-corrected chi connectivity index (χ4v) is 0.813. The minimum absolute atomic E-state index is 0.287. The van der Waals surface area contributed by atoms with Crippen LogP contribution in [0.1, 0.15) is 5.56 Å². The first-order chi connectivity index (χ1) is 4.83. The summed E-state index contributed by atoms with van der Waals surface area (Å²) in [4.78, 5) is 0. The van der Waals surface area contributed by atoms with E-state index >= 15 is 0 Å². The lowest BCUT2D eigenvalue weighted by atomic mass is 10.2. The molecule has 0 spiro atoms. The summed E-state index contributed by atoms with van der Waals surface area (Å²) in [6.07, 6.45) is 0. The number of ether oxygens (including phenoxy) is 1. The first-order valence-electron chi connectivity index (χ1n) is 3.10. The molecule has 0 radical (unpaired) electrons. The first kappa shape index (κ1) is 7.09. The molecule has 54 valence electrons. The highest BCUT2D eigenvalue weighted by Gasteiger charge is 1.90. The van der Waals surface area contributed by atoms with Crippen molar-refractivity contribution in [3.05, 3.63) is 29.8 Å². The zero-order valence-corrected chi connectivity index (χ0v) is 5.87. The summed E-state index contributed by atoms with van der Waals surface area (Å²) in [6, 6.07) is 7.02. The Bertz CT molecular complexity index is 208. The lowest BCUT2D eigenvalue weighted by Gasteiger charge is -1.98. The monoisotopic (exact) mass is 138 g/mol. The van der Waals surface area contributed by atoms with Gasteiger partial charge >= 0.3 is 0 Å². The number of rotatable bonds is 2. The molecule has 1 aromatic rings. The van der Waals surface area contributed by atoms with Crippen LogP contribution in [0.3, 0.4) is 0 Å². The Morgan fingerprint density at radius 3 is 2.90 bits per heavy atom. The van der Waals surface area contributed by atoms with Gasteiger partial charge in [-0.25, -0.2) is 0 Å². The molecule has 0 aromatic heterocycles. The third kappa shape index (κ3) is 1.74. The minimum atomic E-state index is 0.287. The minimum Gasteiger partial charge on any atom is -0.508 e. The van der Waals surface area contributed by atoms with Gasteiger partial charge in [0.05, 0.1) is 6.61 Å². The van der Waals surface area contributed by atoms with Gasteiger partial charge in [0, 0.05) is 7.11 Å². The molecule has 10 heavy (non-hydrogen) atoms. The second-order valence-corrected chi connectivity index (χ2v) is 2.10. The summed E-state index contributed by atoms with van der Waals surface area (Å²) in [6.45, 7) is 0.550. The molecule has 0 saturated carbocycles. The molecule has 0 aliphatic carbocycles. The van der Waals surface area contributed by atoms with Crippen molar-refractivity contribution >= 4 is 0 Å². The number of phenolic OH excluding ortho intramolecular Hbond substituents is 1. The van der Waals surface area contributed by atoms with Crippen LogP contribution < -0.4 is 0 Å². The molecule has 0 saturated heterocycles. The van der Waals surface area contributed by atoms with E-state index < -0.39 is 0 Å². The molecule has 0 aliphatic rings. The predicted octanol–water partition coefficient (Wildman–Crippen LogP) is 1.54. The highest BCUT2D eigenvalue weighted by atomic mass is 16.5. The van der Waals surface area contributed by atoms with Crippen molar-refractivity contribution in [1.29, 1.82) is 0 Å². The molecule has 0 unspecified atom stereocenters. The maximum Gasteiger partial charge on any atom is 0.115 e. The molecule has 2 nitrogen and oxygen atoms in total. The zero-order valence-electron chi connectivity index (χ0n) is 5.87. The van der Waals surface area contributed by atoms with Crippen LogP contribution in [-0.2, 0) is 11.3 Å². The summed E-state index contributed by atoms with van der Waals surface area (Å²) in [7, 11) is 1.63. The van der Waals surface area contributed by atoms with E-state index in [1.54, 1.807) is 25.3 Å². The average molecular weight is 138 g/mol. The summed E-state index contributed by atoms with van der Waals surface area (Å²) >= 11 is 0. The molecule has 0 fully saturated rings. The molecule has 0 heterocycles. The van der Waals surface area contributed by atoms with Gasteiger partial charge in [-0.05, 0) is 17.7 Å². The van der Waals surface area contributed by atoms with Crippen molar-refractivity contribution < 1.29 is 9.84 Å². The van der Waals surface area contributed by atoms with E-state index in [1.165, 1.54) is 0 Å². The lowest BCUT2D eigenvalue weighted by molar-refractivity contribution is 0.184. The Morgan fingerprint density at radius 1 is 1.50 bits per heavy atom. The van der Waals surface area contributed by atoms with Gasteiger partial charge in [-0.15, -0.1) is 0 Å². The van der Waals surface area contributed by atoms with Crippen molar-refractivity contribution in [2.75, 3.05) is 7.11 Å². The lowest BCUT2D eigenvalue weighted by Crippen LogP contribution is -1.85. The molecule has 0 atom stereocenters. The number of methoxy groups -OCH3 is 1. The normalized spacial score (nSPS) is 9.70. The van der Waals surface area contributed by atoms with Crippen LogP contribution in [0.4, 0.5) is 0 Å². The topological polar surface area (TPSA) is 29.5 Å². The maximum absolute atomic E-state index is 8.98. The SMILES string of the molecule is COCc1cccc(O)c1. The summed E-state index contributed by atoms with van der Waals surface area (Å²) in [5, 5.41) is 8.98. The van der Waals surface area contributed by atoms with Gasteiger partial charge in [0.1, 0.15) is 5.75 Å². The molecular weight excluding hydrogens is 128 g/mol. The predicted molar refractivity (Wildman–Crippen MR) is 38.8 cm³/mol. The molecule has 1 aromatic carbocycles. The van der Waals surface area contributed by atoms with Gasteiger partial charge in [0.25, 0.3) is 0 Å². The Hall–Kier alpha value is -1.02. The zero-order chi connectivity index (χ0) is 7.40. The van der Waals surface area contributed by atoms with Crippen LogP contribution in [0.15, 0.2) is 24.3 Å². The van der Waals surface area contributed by atoms with Crippen molar-refractivity contribution in [2.24, 2.45) is 0 Å². The molecule has 0 aliphatic heterocycles. The highest BCUT2D eigenvalue weighted by molar-refractivity contribution is 5.26. The van der Waals surface area contributed by atoms with Crippen molar-refractivity contribution in [3.63, 3.8) is 0 Å². The van der Waals surface area contributed by atoms with Gasteiger partial charge in [-0.3, -0.25) is 0 Å². The number of aromatic hydroxyl groups is 1. The molecular formula is C8H10O2. The molecule has 2 heteroatoms. The van der Waals surface area contributed by atoms with E-state index in [0.717, 1.165) is 5.56 Å². The van der Waals surface area contributed by atoms with Crippen LogP contribution in [0.2, 0.25) is 0 Å². The van der Waals surface area contributed by atoms with Gasteiger partial charge in [-0.2, -0.15) is 0 Å². The number of benzene rings is 1. The third-order valence-electron chi connectivity index (χ3n) is 1.22. The van der Waals surface area contributed by atoms with Crippen molar-refractivity contribution in [3.8, 4) is 5.75 Å². The van der Waals surface area contributed by atoms with Gasteiger partial charge in [-0.1, -0.05) is 12.1 Å². The fourth-order valence-electron chi connectivity index (χ4n) is 0.813. The quantitative estimate of drug-likeness (QED) is 0.671. The Morgan fingerprint density at radius 2 is 2.30 bits per heavy atom. The van der Waals surface area contributed by atoms with Crippen molar-refractivity contribution in [1.82, 2.24) is 0 Å². The second-order valence-electron chi connectivity index (χ2n) is 2.10. The molecule has 0 amide bonds. The molecule has 1 rings (SSSR count). The van der Waals surface area contributed by atoms with Gasteiger partial charge < -0.3 is 9.84 Å². The van der Waals surface area contributed by atoms with E-state index in [2.05, 4.69) is 0 Å². The largest absolute Gasteiger partial charge is 0.508 e. The first-order valence-corrected chi connectivity index (χ1v) is 3.10. The Balaban J connectivity index is 2.75. The van der Waals surface area contributed by atoms with Crippen LogP contribution in [0.25, 0.3) is 0 Å². The molecule has 1 N–H and O–H groups in total. The number of hydrogen-bond donors (Lipinski definition) is 1. The second kappa shape index (κ2) is 3.22. The van der Waals surface area contributed by atoms with E-state index in [0.29, 0.717) is 6.61 Å². The van der Waals surface area contributed by atoms with Crippen LogP contribution in [0.5, 0.6) is 5.75 Å². The average Bonchev–Trinajstić information content (AvgIpc) is 1.88. The van der Waals surface area contributed by atoms with Crippen molar-refractivity contribution in [2.45, 2.75) is 6.61 Å². The van der Waals surface area contributed by atoms with Crippen LogP contribution in [0, 0.1) is 0 Å². The van der Waals surface area contributed by atoms with Crippen LogP contribution in [-0.4, -0.2) is 12.2 Å². The Kier molecular flexibility index (Phi) is 2.29. The summed E-state index contributed by atoms with van der Waals surface area (Å²) in [5.41, 5.74) is 0.988. The van der Waals surface area contributed by atoms with E-state index in [9.17, 15) is 0 Å². The van der Waals surface area contributed by atoms with E-state index in [1.807, 2.05) is 6.07 Å². The number of hydrogen-bond acceptors (Lipinski definition) is 2. The van der Waals surface area contributed by atoms with Gasteiger partial charge in [0.15, 0.2) is 0 Å². The maximum atomic E-state index is 8.98. The fraction of sp³-hybridized carbons (Fsp3) is 0.250. The van der Waals surface area contributed by atoms with E-state index in [4.69, 9.17) is 9.84 Å². The molecule has 0 bridgehead atoms. The van der Waals surface area contributed by atoms with Crippen LogP contribution >= 0.6 is 0 Å².